The van der Waals surface area contributed by atoms with Gasteiger partial charge in [-0.25, -0.2) is 4.98 Å². The van der Waals surface area contributed by atoms with Gasteiger partial charge >= 0.3 is 0 Å². The lowest BCUT2D eigenvalue weighted by Gasteiger charge is -2.37. The maximum absolute atomic E-state index is 13.1. The number of aliphatic hydroxyl groups is 1. The molecule has 0 saturated heterocycles. The van der Waals surface area contributed by atoms with Crippen molar-refractivity contribution in [1.82, 2.24) is 19.7 Å². The van der Waals surface area contributed by atoms with Gasteiger partial charge in [-0.05, 0) is 36.1 Å². The molecule has 2 aliphatic heterocycles. The first-order chi connectivity index (χ1) is 17.5. The lowest BCUT2D eigenvalue weighted by molar-refractivity contribution is -0.112. The van der Waals surface area contributed by atoms with Crippen molar-refractivity contribution in [2.75, 3.05) is 11.9 Å². The summed E-state index contributed by atoms with van der Waals surface area (Å²) in [4.78, 5) is 19.3. The first-order valence-corrected chi connectivity index (χ1v) is 12.5. The number of amides is 1. The van der Waals surface area contributed by atoms with E-state index in [4.69, 9.17) is 11.6 Å². The Bertz CT molecular complexity index is 1320. The zero-order chi connectivity index (χ0) is 25.3. The monoisotopic (exact) mass is 501 g/mol. The maximum atomic E-state index is 13.1. The van der Waals surface area contributed by atoms with Crippen LogP contribution in [0.15, 0.2) is 101 Å². The summed E-state index contributed by atoms with van der Waals surface area (Å²) in [6.45, 7) is 5.20. The first-order valence-electron chi connectivity index (χ1n) is 12.1. The molecule has 0 aliphatic carbocycles. The number of nitrogens with one attached hydrogen (secondary N) is 1. The average molecular weight is 502 g/mol. The first kappa shape index (κ1) is 24.0. The van der Waals surface area contributed by atoms with Gasteiger partial charge in [0.15, 0.2) is 0 Å². The van der Waals surface area contributed by atoms with Crippen LogP contribution in [-0.2, 0) is 16.9 Å². The smallest absolute Gasteiger partial charge is 0.259 e. The molecule has 3 heterocycles. The number of anilines is 1. The highest BCUT2D eigenvalue weighted by Gasteiger charge is 2.47. The van der Waals surface area contributed by atoms with E-state index in [0.717, 1.165) is 22.4 Å². The molecule has 8 heteroatoms. The van der Waals surface area contributed by atoms with Crippen molar-refractivity contribution in [2.24, 2.45) is 5.92 Å². The van der Waals surface area contributed by atoms with Crippen LogP contribution >= 0.6 is 11.6 Å². The molecular formula is C28H28ClN5O2. The Kier molecular flexibility index (Phi) is 6.51. The van der Waals surface area contributed by atoms with Crippen molar-refractivity contribution in [3.8, 4) is 0 Å². The Morgan fingerprint density at radius 1 is 1.11 bits per heavy atom. The Morgan fingerprint density at radius 3 is 2.31 bits per heavy atom. The summed E-state index contributed by atoms with van der Waals surface area (Å²) in [5.41, 5.74) is 2.67. The van der Waals surface area contributed by atoms with E-state index < -0.39 is 5.60 Å². The standard InChI is InChI=1S/C28H28ClN5O2/c1-3-21-23(28(36,19-11-7-5-8-12-19)20-13-9-6-10-14-20)16-33-17-24(29)22(15-25(21)33)26(35)31-27-30-18-34(4-2)32-27/h5-15,17-18,23,36H,3-4,16H2,1-2H3,(H,31,32,35). The molecule has 5 rings (SSSR count). The number of fused-ring (bicyclic) bond motifs is 1. The molecule has 0 bridgehead atoms. The van der Waals surface area contributed by atoms with E-state index in [0.29, 0.717) is 30.1 Å². The summed E-state index contributed by atoms with van der Waals surface area (Å²) in [5, 5.41) is 19.7. The van der Waals surface area contributed by atoms with Gasteiger partial charge in [-0.2, -0.15) is 0 Å². The highest BCUT2D eigenvalue weighted by atomic mass is 35.5. The molecule has 0 fully saturated rings. The second-order valence-corrected chi connectivity index (χ2v) is 9.29. The van der Waals surface area contributed by atoms with Gasteiger partial charge < -0.3 is 10.0 Å². The zero-order valence-electron chi connectivity index (χ0n) is 20.2. The molecule has 1 aromatic heterocycles. The molecule has 1 amide bonds. The maximum Gasteiger partial charge on any atom is 0.259 e. The number of carbonyl (C=O) groups excluding carboxylic acids is 1. The number of hydrogen-bond donors (Lipinski definition) is 2. The van der Waals surface area contributed by atoms with Crippen molar-refractivity contribution >= 4 is 23.5 Å². The molecular weight excluding hydrogens is 474 g/mol. The lowest BCUT2D eigenvalue weighted by atomic mass is 9.73. The SMILES string of the molecule is CCC1=C2C=C(C(=O)Nc3ncn(CC)n3)C(Cl)=CN2CC1C(O)(c1ccccc1)c1ccccc1. The minimum Gasteiger partial charge on any atom is -0.380 e. The van der Waals surface area contributed by atoms with Crippen LogP contribution in [-0.4, -0.2) is 37.2 Å². The molecule has 36 heavy (non-hydrogen) atoms. The van der Waals surface area contributed by atoms with Crippen LogP contribution in [0.3, 0.4) is 0 Å². The Balaban J connectivity index is 1.55. The van der Waals surface area contributed by atoms with Gasteiger partial charge in [-0.15, -0.1) is 5.10 Å². The van der Waals surface area contributed by atoms with E-state index in [1.807, 2.05) is 78.6 Å². The number of nitrogens with zero attached hydrogens (tertiary/aromatic N) is 4. The molecule has 1 atom stereocenters. The quantitative estimate of drug-likeness (QED) is 0.486. The molecule has 184 valence electrons. The molecule has 7 nitrogen and oxygen atoms in total. The van der Waals surface area contributed by atoms with Crippen LogP contribution in [0.2, 0.25) is 0 Å². The largest absolute Gasteiger partial charge is 0.380 e. The van der Waals surface area contributed by atoms with Crippen LogP contribution < -0.4 is 5.32 Å². The van der Waals surface area contributed by atoms with Gasteiger partial charge in [0.05, 0.1) is 10.6 Å². The third-order valence-electron chi connectivity index (χ3n) is 6.89. The van der Waals surface area contributed by atoms with Crippen LogP contribution in [0.1, 0.15) is 31.4 Å². The summed E-state index contributed by atoms with van der Waals surface area (Å²) in [6, 6.07) is 19.5. The van der Waals surface area contributed by atoms with E-state index in [-0.39, 0.29) is 17.8 Å². The molecule has 2 N–H and O–H groups in total. The van der Waals surface area contributed by atoms with Gasteiger partial charge in [0, 0.05) is 30.9 Å². The van der Waals surface area contributed by atoms with E-state index in [2.05, 4.69) is 22.3 Å². The van der Waals surface area contributed by atoms with E-state index in [1.54, 1.807) is 17.2 Å². The Hall–Kier alpha value is -3.68. The topological polar surface area (TPSA) is 83.3 Å². The second-order valence-electron chi connectivity index (χ2n) is 8.88. The zero-order valence-corrected chi connectivity index (χ0v) is 21.0. The summed E-state index contributed by atoms with van der Waals surface area (Å²) in [6.07, 6.45) is 5.86. The molecule has 1 unspecified atom stereocenters. The van der Waals surface area contributed by atoms with Crippen molar-refractivity contribution in [1.29, 1.82) is 0 Å². The Labute approximate surface area is 215 Å². The molecule has 0 spiro atoms. The number of hydrogen-bond acceptors (Lipinski definition) is 5. The summed E-state index contributed by atoms with van der Waals surface area (Å²) in [7, 11) is 0. The van der Waals surface area contributed by atoms with Gasteiger partial charge in [-0.1, -0.05) is 79.2 Å². The number of benzene rings is 2. The van der Waals surface area contributed by atoms with Crippen molar-refractivity contribution in [2.45, 2.75) is 32.4 Å². The minimum atomic E-state index is -1.26. The van der Waals surface area contributed by atoms with Gasteiger partial charge in [0.2, 0.25) is 5.95 Å². The predicted octanol–water partition coefficient (Wildman–Crippen LogP) is 4.79. The second kappa shape index (κ2) is 9.76. The number of halogens is 1. The number of rotatable bonds is 7. The lowest BCUT2D eigenvalue weighted by Crippen LogP contribution is -2.39. The molecule has 3 aromatic rings. The van der Waals surface area contributed by atoms with Crippen molar-refractivity contribution in [3.05, 3.63) is 112 Å². The number of aromatic nitrogens is 3. The summed E-state index contributed by atoms with van der Waals surface area (Å²) >= 11 is 6.59. The van der Waals surface area contributed by atoms with E-state index in [1.165, 1.54) is 0 Å². The average Bonchev–Trinajstić information content (AvgIpc) is 3.52. The third kappa shape index (κ3) is 4.14. The van der Waals surface area contributed by atoms with Crippen LogP contribution in [0, 0.1) is 5.92 Å². The highest BCUT2D eigenvalue weighted by Crippen LogP contribution is 2.48. The molecule has 2 aliphatic rings. The van der Waals surface area contributed by atoms with Gasteiger partial charge in [-0.3, -0.25) is 14.8 Å². The van der Waals surface area contributed by atoms with E-state index >= 15 is 0 Å². The Morgan fingerprint density at radius 2 is 1.75 bits per heavy atom. The van der Waals surface area contributed by atoms with Crippen LogP contribution in [0.4, 0.5) is 5.95 Å². The number of allylic oxidation sites excluding steroid dienone is 1. The van der Waals surface area contributed by atoms with Crippen LogP contribution in [0.25, 0.3) is 0 Å². The van der Waals surface area contributed by atoms with Crippen molar-refractivity contribution < 1.29 is 9.90 Å². The van der Waals surface area contributed by atoms with Crippen molar-refractivity contribution in [3.63, 3.8) is 0 Å². The number of aryl methyl sites for hydroxylation is 1. The van der Waals surface area contributed by atoms with Gasteiger partial charge in [0.25, 0.3) is 5.91 Å². The van der Waals surface area contributed by atoms with Crippen LogP contribution in [0.5, 0.6) is 0 Å². The minimum absolute atomic E-state index is 0.228. The molecule has 0 radical (unpaired) electrons. The fourth-order valence-corrected chi connectivity index (χ4v) is 5.35. The highest BCUT2D eigenvalue weighted by molar-refractivity contribution is 6.36. The molecule has 0 saturated carbocycles. The number of carbonyl (C=O) groups is 1. The predicted molar refractivity (Wildman–Crippen MR) is 140 cm³/mol. The fraction of sp³-hybridized carbons (Fsp3) is 0.250. The van der Waals surface area contributed by atoms with Gasteiger partial charge in [0.1, 0.15) is 11.9 Å². The third-order valence-corrected chi connectivity index (χ3v) is 7.19. The molecule has 2 aromatic carbocycles. The van der Waals surface area contributed by atoms with E-state index in [9.17, 15) is 9.90 Å². The summed E-state index contributed by atoms with van der Waals surface area (Å²) < 4.78 is 1.64. The summed E-state index contributed by atoms with van der Waals surface area (Å²) in [5.74, 6) is -0.396. The normalized spacial score (nSPS) is 17.6. The fourth-order valence-electron chi connectivity index (χ4n) is 5.09.